The fraction of sp³-hybridized carbons (Fsp3) is 0.923. The lowest BCUT2D eigenvalue weighted by molar-refractivity contribution is -0.165. The molecule has 1 aliphatic carbocycles. The number of carbonyl (C=O) groups is 1. The summed E-state index contributed by atoms with van der Waals surface area (Å²) < 4.78 is 37.4. The summed E-state index contributed by atoms with van der Waals surface area (Å²) >= 11 is 0. The Labute approximate surface area is 117 Å². The molecular formula is C13H23F3N2O2. The van der Waals surface area contributed by atoms with Crippen LogP contribution in [0.4, 0.5) is 13.2 Å². The van der Waals surface area contributed by atoms with Gasteiger partial charge in [0.05, 0.1) is 6.61 Å². The molecule has 1 fully saturated rings. The number of halogens is 3. The predicted molar refractivity (Wildman–Crippen MR) is 68.8 cm³/mol. The first-order valence-electron chi connectivity index (χ1n) is 6.96. The highest BCUT2D eigenvalue weighted by Gasteiger charge is 2.36. The summed E-state index contributed by atoms with van der Waals surface area (Å²) in [5.74, 6) is -1.01. The number of alkyl halides is 3. The molecule has 0 aliphatic heterocycles. The minimum absolute atomic E-state index is 0.0258. The fourth-order valence-electron chi connectivity index (χ4n) is 2.81. The van der Waals surface area contributed by atoms with E-state index in [2.05, 4.69) is 0 Å². The lowest BCUT2D eigenvalue weighted by Gasteiger charge is -2.34. The van der Waals surface area contributed by atoms with E-state index in [0.717, 1.165) is 19.3 Å². The summed E-state index contributed by atoms with van der Waals surface area (Å²) in [5.41, 5.74) is 5.85. The molecule has 1 rings (SSSR count). The molecule has 7 heteroatoms. The van der Waals surface area contributed by atoms with Crippen molar-refractivity contribution in [1.82, 2.24) is 4.90 Å². The number of hydrogen-bond acceptors (Lipinski definition) is 3. The molecule has 0 aromatic carbocycles. The Hall–Kier alpha value is -0.820. The number of aliphatic hydroxyl groups is 1. The summed E-state index contributed by atoms with van der Waals surface area (Å²) in [6.45, 7) is -0.415. The molecule has 0 aromatic heterocycles. The first-order valence-corrected chi connectivity index (χ1v) is 6.96. The smallest absolute Gasteiger partial charge is 0.395 e. The second-order valence-corrected chi connectivity index (χ2v) is 5.57. The molecule has 4 nitrogen and oxygen atoms in total. The fourth-order valence-corrected chi connectivity index (χ4v) is 2.81. The molecule has 20 heavy (non-hydrogen) atoms. The van der Waals surface area contributed by atoms with Gasteiger partial charge in [-0.2, -0.15) is 13.2 Å². The summed E-state index contributed by atoms with van der Waals surface area (Å²) in [6.07, 6.45) is -1.15. The van der Waals surface area contributed by atoms with Gasteiger partial charge in [-0.05, 0) is 25.2 Å². The topological polar surface area (TPSA) is 66.6 Å². The Morgan fingerprint density at radius 2 is 2.10 bits per heavy atom. The number of carbonyl (C=O) groups excluding carboxylic acids is 1. The predicted octanol–water partition coefficient (Wildman–Crippen LogP) is 1.52. The molecule has 1 aliphatic rings. The van der Waals surface area contributed by atoms with Crippen LogP contribution in [-0.4, -0.2) is 47.8 Å². The molecule has 118 valence electrons. The Bertz CT molecular complexity index is 323. The highest BCUT2D eigenvalue weighted by molar-refractivity contribution is 5.78. The van der Waals surface area contributed by atoms with Crippen molar-refractivity contribution in [3.8, 4) is 0 Å². The molecule has 3 unspecified atom stereocenters. The molecule has 0 spiro atoms. The van der Waals surface area contributed by atoms with E-state index >= 15 is 0 Å². The molecule has 1 amide bonds. The van der Waals surface area contributed by atoms with Gasteiger partial charge in [0.25, 0.3) is 0 Å². The second kappa shape index (κ2) is 7.26. The van der Waals surface area contributed by atoms with Crippen molar-refractivity contribution in [2.24, 2.45) is 17.6 Å². The minimum Gasteiger partial charge on any atom is -0.395 e. The summed E-state index contributed by atoms with van der Waals surface area (Å²) in [7, 11) is 0. The van der Waals surface area contributed by atoms with Crippen molar-refractivity contribution in [3.63, 3.8) is 0 Å². The molecule has 1 saturated carbocycles. The molecule has 3 N–H and O–H groups in total. The van der Waals surface area contributed by atoms with Crippen molar-refractivity contribution >= 4 is 5.91 Å². The van der Waals surface area contributed by atoms with E-state index in [9.17, 15) is 18.0 Å². The van der Waals surface area contributed by atoms with Crippen LogP contribution >= 0.6 is 0 Å². The third kappa shape index (κ3) is 5.28. The van der Waals surface area contributed by atoms with E-state index in [1.54, 1.807) is 6.92 Å². The number of nitrogens with two attached hydrogens (primary N) is 1. The Morgan fingerprint density at radius 1 is 1.45 bits per heavy atom. The maximum absolute atomic E-state index is 12.5. The van der Waals surface area contributed by atoms with Crippen LogP contribution in [0.15, 0.2) is 0 Å². The van der Waals surface area contributed by atoms with Crippen LogP contribution in [0.3, 0.4) is 0 Å². The number of aliphatic hydroxyl groups excluding tert-OH is 1. The average molecular weight is 296 g/mol. The normalized spacial score (nSPS) is 25.3. The van der Waals surface area contributed by atoms with Crippen molar-refractivity contribution in [2.75, 3.05) is 19.7 Å². The number of amides is 1. The van der Waals surface area contributed by atoms with Crippen molar-refractivity contribution < 1.29 is 23.1 Å². The van der Waals surface area contributed by atoms with Crippen LogP contribution in [0.1, 0.15) is 32.6 Å². The number of nitrogens with zero attached hydrogens (tertiary/aromatic N) is 1. The van der Waals surface area contributed by atoms with Gasteiger partial charge in [0.1, 0.15) is 6.54 Å². The van der Waals surface area contributed by atoms with Crippen molar-refractivity contribution in [1.29, 1.82) is 0 Å². The Balaban J connectivity index is 2.67. The highest BCUT2D eigenvalue weighted by Crippen LogP contribution is 2.31. The van der Waals surface area contributed by atoms with E-state index in [-0.39, 0.29) is 18.5 Å². The van der Waals surface area contributed by atoms with Gasteiger partial charge < -0.3 is 15.7 Å². The molecular weight excluding hydrogens is 273 g/mol. The highest BCUT2D eigenvalue weighted by atomic mass is 19.4. The van der Waals surface area contributed by atoms with Gasteiger partial charge in [-0.15, -0.1) is 0 Å². The van der Waals surface area contributed by atoms with Crippen LogP contribution in [0, 0.1) is 11.8 Å². The number of rotatable bonds is 5. The Kier molecular flexibility index (Phi) is 6.26. The van der Waals surface area contributed by atoms with Gasteiger partial charge in [0.2, 0.25) is 5.91 Å². The first kappa shape index (κ1) is 17.2. The maximum atomic E-state index is 12.5. The standard InChI is InChI=1S/C13H23F3N2O2/c1-9(10-3-2-4-11(17)7-10)12(20)18(5-6-19)8-13(14,15)16/h9-11,19H,2-8,17H2,1H3. The first-order chi connectivity index (χ1) is 9.24. The van der Waals surface area contributed by atoms with Gasteiger partial charge >= 0.3 is 6.18 Å². The molecule has 0 radical (unpaired) electrons. The SMILES string of the molecule is CC(C(=O)N(CCO)CC(F)(F)F)C1CCCC(N)C1. The van der Waals surface area contributed by atoms with E-state index in [1.807, 2.05) is 0 Å². The lowest BCUT2D eigenvalue weighted by Crippen LogP contribution is -2.45. The zero-order valence-electron chi connectivity index (χ0n) is 11.7. The largest absolute Gasteiger partial charge is 0.406 e. The molecule has 0 bridgehead atoms. The van der Waals surface area contributed by atoms with E-state index < -0.39 is 31.2 Å². The van der Waals surface area contributed by atoms with Gasteiger partial charge in [0.15, 0.2) is 0 Å². The van der Waals surface area contributed by atoms with Crippen molar-refractivity contribution in [3.05, 3.63) is 0 Å². The van der Waals surface area contributed by atoms with Gasteiger partial charge in [-0.1, -0.05) is 13.3 Å². The van der Waals surface area contributed by atoms with Crippen LogP contribution in [-0.2, 0) is 4.79 Å². The minimum atomic E-state index is -4.45. The van der Waals surface area contributed by atoms with Gasteiger partial charge in [-0.3, -0.25) is 4.79 Å². The van der Waals surface area contributed by atoms with Crippen LogP contribution in [0.25, 0.3) is 0 Å². The monoisotopic (exact) mass is 296 g/mol. The second-order valence-electron chi connectivity index (χ2n) is 5.57. The third-order valence-corrected chi connectivity index (χ3v) is 3.90. The summed E-state index contributed by atoms with van der Waals surface area (Å²) in [6, 6.07) is 0.0258. The zero-order chi connectivity index (χ0) is 15.3. The zero-order valence-corrected chi connectivity index (χ0v) is 11.7. The van der Waals surface area contributed by atoms with Gasteiger partial charge in [-0.25, -0.2) is 0 Å². The lowest BCUT2D eigenvalue weighted by atomic mass is 9.78. The molecule has 0 aromatic rings. The van der Waals surface area contributed by atoms with E-state index in [1.165, 1.54) is 0 Å². The molecule has 0 heterocycles. The van der Waals surface area contributed by atoms with Crippen molar-refractivity contribution in [2.45, 2.75) is 44.8 Å². The maximum Gasteiger partial charge on any atom is 0.406 e. The summed E-state index contributed by atoms with van der Waals surface area (Å²) in [5, 5.41) is 8.84. The van der Waals surface area contributed by atoms with Crippen LogP contribution < -0.4 is 5.73 Å². The van der Waals surface area contributed by atoms with E-state index in [4.69, 9.17) is 10.8 Å². The average Bonchev–Trinajstić information content (AvgIpc) is 2.35. The van der Waals surface area contributed by atoms with Crippen LogP contribution in [0.5, 0.6) is 0 Å². The Morgan fingerprint density at radius 3 is 2.60 bits per heavy atom. The molecule has 3 atom stereocenters. The number of hydrogen-bond donors (Lipinski definition) is 2. The van der Waals surface area contributed by atoms with Crippen LogP contribution in [0.2, 0.25) is 0 Å². The third-order valence-electron chi connectivity index (χ3n) is 3.90. The quantitative estimate of drug-likeness (QED) is 0.808. The van der Waals surface area contributed by atoms with Gasteiger partial charge in [0, 0.05) is 18.5 Å². The molecule has 0 saturated heterocycles. The summed E-state index contributed by atoms with van der Waals surface area (Å²) in [4.78, 5) is 12.9. The van der Waals surface area contributed by atoms with E-state index in [0.29, 0.717) is 11.3 Å².